The van der Waals surface area contributed by atoms with E-state index in [-0.39, 0.29) is 17.9 Å². The third-order valence-corrected chi connectivity index (χ3v) is 5.01. The van der Waals surface area contributed by atoms with E-state index in [1.165, 1.54) is 11.3 Å². The fraction of sp³-hybridized carbons (Fsp3) is 0.682. The van der Waals surface area contributed by atoms with Crippen LogP contribution in [0.5, 0.6) is 0 Å². The molecule has 0 saturated carbocycles. The van der Waals surface area contributed by atoms with Crippen LogP contribution in [0.15, 0.2) is 24.3 Å². The highest BCUT2D eigenvalue weighted by molar-refractivity contribution is 5.78. The summed E-state index contributed by atoms with van der Waals surface area (Å²) in [6, 6.07) is 8.85. The Balaban J connectivity index is 1.60. The number of anilines is 1. The minimum Gasteiger partial charge on any atom is -0.394 e. The fourth-order valence-corrected chi connectivity index (χ4v) is 3.24. The van der Waals surface area contributed by atoms with Crippen LogP contribution in [0.3, 0.4) is 0 Å². The predicted octanol–water partition coefficient (Wildman–Crippen LogP) is 1.25. The normalized spacial score (nSPS) is 15.5. The Morgan fingerprint density at radius 1 is 1.00 bits per heavy atom. The Morgan fingerprint density at radius 2 is 1.62 bits per heavy atom. The number of benzene rings is 1. The molecule has 7 heteroatoms. The lowest BCUT2D eigenvalue weighted by Gasteiger charge is -2.36. The zero-order chi connectivity index (χ0) is 21.1. The summed E-state index contributed by atoms with van der Waals surface area (Å²) in [6.07, 6.45) is 0. The molecule has 0 unspecified atom stereocenters. The van der Waals surface area contributed by atoms with E-state index in [1.807, 2.05) is 0 Å². The molecule has 1 aliphatic rings. The number of piperazine rings is 1. The average molecular weight is 408 g/mol. The van der Waals surface area contributed by atoms with E-state index >= 15 is 0 Å². The third-order valence-electron chi connectivity index (χ3n) is 5.01. The van der Waals surface area contributed by atoms with Gasteiger partial charge in [0.25, 0.3) is 0 Å². The van der Waals surface area contributed by atoms with Crippen LogP contribution in [0.25, 0.3) is 0 Å². The van der Waals surface area contributed by atoms with Crippen LogP contribution in [0, 0.1) is 0 Å². The number of nitrogens with zero attached hydrogens (tertiary/aromatic N) is 2. The molecule has 0 bridgehead atoms. The summed E-state index contributed by atoms with van der Waals surface area (Å²) in [7, 11) is 0. The number of carbonyl (C=O) groups excluding carboxylic acids is 1. The Morgan fingerprint density at radius 3 is 2.21 bits per heavy atom. The molecule has 1 fully saturated rings. The number of hydrogen-bond donors (Lipinski definition) is 2. The van der Waals surface area contributed by atoms with Gasteiger partial charge in [0.05, 0.1) is 39.6 Å². The molecule has 0 aliphatic carbocycles. The monoisotopic (exact) mass is 407 g/mol. The molecule has 0 atom stereocenters. The molecule has 2 N–H and O–H groups in total. The number of aliphatic hydroxyl groups is 1. The van der Waals surface area contributed by atoms with Gasteiger partial charge in [0.2, 0.25) is 5.91 Å². The standard InChI is InChI=1S/C22H37N3O4/c1-22(2,3)19-4-6-20(7-5-19)25-11-9-24(10-12-25)18-21(27)23-8-14-28-16-17-29-15-13-26/h4-7,26H,8-18H2,1-3H3,(H,23,27). The Labute approximate surface area is 175 Å². The molecule has 0 spiro atoms. The summed E-state index contributed by atoms with van der Waals surface area (Å²) >= 11 is 0. The lowest BCUT2D eigenvalue weighted by Crippen LogP contribution is -2.49. The van der Waals surface area contributed by atoms with Gasteiger partial charge in [-0.3, -0.25) is 9.69 Å². The van der Waals surface area contributed by atoms with Gasteiger partial charge in [-0.05, 0) is 23.1 Å². The first-order chi connectivity index (χ1) is 13.9. The van der Waals surface area contributed by atoms with Gasteiger partial charge in [-0.15, -0.1) is 0 Å². The first kappa shape index (κ1) is 23.6. The summed E-state index contributed by atoms with van der Waals surface area (Å²) in [5, 5.41) is 11.5. The second-order valence-electron chi connectivity index (χ2n) is 8.36. The topological polar surface area (TPSA) is 74.3 Å². The van der Waals surface area contributed by atoms with Gasteiger partial charge in [-0.25, -0.2) is 0 Å². The maximum Gasteiger partial charge on any atom is 0.234 e. The molecular formula is C22H37N3O4. The molecule has 1 aromatic carbocycles. The van der Waals surface area contributed by atoms with Crippen molar-refractivity contribution in [1.82, 2.24) is 10.2 Å². The highest BCUT2D eigenvalue weighted by Crippen LogP contribution is 2.25. The molecule has 0 aromatic heterocycles. The Bertz CT molecular complexity index is 593. The number of ether oxygens (including phenoxy) is 2. The van der Waals surface area contributed by atoms with E-state index in [0.717, 1.165) is 26.2 Å². The zero-order valence-corrected chi connectivity index (χ0v) is 18.2. The second-order valence-corrected chi connectivity index (χ2v) is 8.36. The summed E-state index contributed by atoms with van der Waals surface area (Å²) in [5.74, 6) is 0.0353. The van der Waals surface area contributed by atoms with Gasteiger partial charge in [0.15, 0.2) is 0 Å². The molecular weight excluding hydrogens is 370 g/mol. The van der Waals surface area contributed by atoms with Crippen LogP contribution < -0.4 is 10.2 Å². The van der Waals surface area contributed by atoms with E-state index < -0.39 is 0 Å². The maximum atomic E-state index is 12.1. The average Bonchev–Trinajstić information content (AvgIpc) is 2.70. The number of aliphatic hydroxyl groups excluding tert-OH is 1. The quantitative estimate of drug-likeness (QED) is 0.538. The summed E-state index contributed by atoms with van der Waals surface area (Å²) in [4.78, 5) is 16.7. The highest BCUT2D eigenvalue weighted by Gasteiger charge is 2.20. The van der Waals surface area contributed by atoms with Crippen LogP contribution in [-0.2, 0) is 19.7 Å². The predicted molar refractivity (Wildman–Crippen MR) is 116 cm³/mol. The first-order valence-corrected chi connectivity index (χ1v) is 10.5. The number of rotatable bonds is 11. The van der Waals surface area contributed by atoms with Gasteiger partial charge >= 0.3 is 0 Å². The molecule has 1 aromatic rings. The number of carbonyl (C=O) groups is 1. The van der Waals surface area contributed by atoms with Crippen molar-refractivity contribution in [3.63, 3.8) is 0 Å². The van der Waals surface area contributed by atoms with Crippen molar-refractivity contribution in [2.45, 2.75) is 26.2 Å². The molecule has 2 rings (SSSR count). The van der Waals surface area contributed by atoms with Crippen LogP contribution in [0.2, 0.25) is 0 Å². The third kappa shape index (κ3) is 8.70. The summed E-state index contributed by atoms with van der Waals surface area (Å²) < 4.78 is 10.5. The van der Waals surface area contributed by atoms with Gasteiger partial charge in [0, 0.05) is 38.4 Å². The van der Waals surface area contributed by atoms with E-state index in [2.05, 4.69) is 60.2 Å². The lowest BCUT2D eigenvalue weighted by atomic mass is 9.87. The number of amides is 1. The molecule has 164 valence electrons. The van der Waals surface area contributed by atoms with Gasteiger partial charge < -0.3 is 24.8 Å². The first-order valence-electron chi connectivity index (χ1n) is 10.5. The number of nitrogens with one attached hydrogen (secondary N) is 1. The zero-order valence-electron chi connectivity index (χ0n) is 18.2. The van der Waals surface area contributed by atoms with Crippen LogP contribution in [-0.4, -0.2) is 88.2 Å². The smallest absolute Gasteiger partial charge is 0.234 e. The molecule has 0 radical (unpaired) electrons. The summed E-state index contributed by atoms with van der Waals surface area (Å²) in [6.45, 7) is 13.0. The van der Waals surface area contributed by atoms with E-state index in [9.17, 15) is 4.79 Å². The minimum atomic E-state index is 0.0216. The largest absolute Gasteiger partial charge is 0.394 e. The van der Waals surface area contributed by atoms with Crippen molar-refractivity contribution < 1.29 is 19.4 Å². The fourth-order valence-electron chi connectivity index (χ4n) is 3.24. The molecule has 1 amide bonds. The van der Waals surface area contributed by atoms with Gasteiger partial charge in [-0.1, -0.05) is 32.9 Å². The SMILES string of the molecule is CC(C)(C)c1ccc(N2CCN(CC(=O)NCCOCCOCCO)CC2)cc1. The minimum absolute atomic E-state index is 0.0216. The second kappa shape index (κ2) is 12.1. The van der Waals surface area contributed by atoms with Crippen LogP contribution >= 0.6 is 0 Å². The summed E-state index contributed by atoms with van der Waals surface area (Å²) in [5.41, 5.74) is 2.77. The molecule has 29 heavy (non-hydrogen) atoms. The lowest BCUT2D eigenvalue weighted by molar-refractivity contribution is -0.122. The van der Waals surface area contributed by atoms with E-state index in [1.54, 1.807) is 0 Å². The molecule has 1 aliphatic heterocycles. The molecule has 1 saturated heterocycles. The highest BCUT2D eigenvalue weighted by atomic mass is 16.5. The van der Waals surface area contributed by atoms with Gasteiger partial charge in [0.1, 0.15) is 0 Å². The van der Waals surface area contributed by atoms with Crippen molar-refractivity contribution in [2.24, 2.45) is 0 Å². The molecule has 1 heterocycles. The van der Waals surface area contributed by atoms with E-state index in [0.29, 0.717) is 39.5 Å². The van der Waals surface area contributed by atoms with Crippen molar-refractivity contribution >= 4 is 11.6 Å². The van der Waals surface area contributed by atoms with E-state index in [4.69, 9.17) is 14.6 Å². The Hall–Kier alpha value is -1.67. The number of hydrogen-bond acceptors (Lipinski definition) is 6. The van der Waals surface area contributed by atoms with Crippen molar-refractivity contribution in [2.75, 3.05) is 77.2 Å². The van der Waals surface area contributed by atoms with Crippen molar-refractivity contribution in [3.05, 3.63) is 29.8 Å². The van der Waals surface area contributed by atoms with Crippen LogP contribution in [0.4, 0.5) is 5.69 Å². The molecule has 7 nitrogen and oxygen atoms in total. The van der Waals surface area contributed by atoms with Gasteiger partial charge in [-0.2, -0.15) is 0 Å². The van der Waals surface area contributed by atoms with Crippen molar-refractivity contribution in [1.29, 1.82) is 0 Å². The Kier molecular flexibility index (Phi) is 9.87. The van der Waals surface area contributed by atoms with Crippen LogP contribution in [0.1, 0.15) is 26.3 Å². The maximum absolute atomic E-state index is 12.1. The van der Waals surface area contributed by atoms with Crippen molar-refractivity contribution in [3.8, 4) is 0 Å².